The first-order valence-electron chi connectivity index (χ1n) is 35.9. The monoisotopic (exact) mass is 1520 g/mol. The molecule has 10 nitrogen and oxygen atoms in total. The fourth-order valence-electron chi connectivity index (χ4n) is 11.6. The summed E-state index contributed by atoms with van der Waals surface area (Å²) in [6.45, 7) is 52.0. The highest BCUT2D eigenvalue weighted by Gasteiger charge is 2.25. The van der Waals surface area contributed by atoms with Gasteiger partial charge in [0.15, 0.2) is 0 Å². The molecule has 0 aliphatic rings. The fourth-order valence-corrected chi connectivity index (χ4v) is 14.9. The molecule has 0 bridgehead atoms. The van der Waals surface area contributed by atoms with Crippen LogP contribution in [0.25, 0.3) is 0 Å². The second-order valence-corrected chi connectivity index (χ2v) is 37.0. The molecule has 0 spiro atoms. The van der Waals surface area contributed by atoms with E-state index >= 15 is 0 Å². The van der Waals surface area contributed by atoms with Gasteiger partial charge in [0, 0.05) is 122 Å². The van der Waals surface area contributed by atoms with Gasteiger partial charge in [-0.2, -0.15) is 0 Å². The molecule has 0 saturated carbocycles. The predicted molar refractivity (Wildman–Crippen MR) is 466 cm³/mol. The molecule has 0 saturated heterocycles. The van der Waals surface area contributed by atoms with Crippen molar-refractivity contribution in [2.75, 3.05) is 172 Å². The number of anilines is 10. The molecule has 0 aromatic heterocycles. The van der Waals surface area contributed by atoms with Crippen LogP contribution in [0.3, 0.4) is 0 Å². The third-order valence-electron chi connectivity index (χ3n) is 17.6. The predicted octanol–water partition coefficient (Wildman–Crippen LogP) is 25.2. The molecule has 0 aliphatic heterocycles. The maximum Gasteiger partial charge on any atom is 0.0835 e. The zero-order valence-corrected chi connectivity index (χ0v) is 74.3. The third kappa shape index (κ3) is 30.4. The topological polar surface area (TPSA) is 50.0 Å². The summed E-state index contributed by atoms with van der Waals surface area (Å²) in [7, 11) is 18.6. The second-order valence-electron chi connectivity index (χ2n) is 32.9. The first-order chi connectivity index (χ1) is 44.6. The smallest absolute Gasteiger partial charge is 0.0835 e. The Balaban J connectivity index is 0.000000607. The number of unbranched alkanes of at least 4 members (excludes halogenated alkanes) is 5. The summed E-state index contributed by atoms with van der Waals surface area (Å²) >= 11 is 53.6. The van der Waals surface area contributed by atoms with Gasteiger partial charge in [-0.25, -0.2) is 0 Å². The van der Waals surface area contributed by atoms with Gasteiger partial charge in [-0.1, -0.05) is 258 Å². The van der Waals surface area contributed by atoms with Crippen molar-refractivity contribution in [3.63, 3.8) is 0 Å². The van der Waals surface area contributed by atoms with E-state index in [-0.39, 0.29) is 0 Å². The van der Waals surface area contributed by atoms with Crippen molar-refractivity contribution in [2.45, 2.75) is 228 Å². The van der Waals surface area contributed by atoms with Gasteiger partial charge < -0.3 is 49.8 Å². The molecule has 0 unspecified atom stereocenters. The van der Waals surface area contributed by atoms with E-state index in [0.29, 0.717) is 27.1 Å². The van der Waals surface area contributed by atoms with Crippen LogP contribution in [0.15, 0.2) is 0 Å². The standard InChI is InChI=1S/C17H30N2S2.C16H28N2S2.2C15H26N2S2.C14H24N2S2/c1-7-19(8-2)14-13(15(20)16(14)21)18(6)12-10-9-11-17(3,4)5;1-7-17(5)12-13(15(20)14(12)19)18(6)11-9-8-10-16(2,3)4;1-15(2,3)9-7-8-10-17(6)12-11(16(4)5)13(18)14(12)19;1-6-16-11-12(14(19)13(11)18)17(5)10-8-7-9-15(2,3)4;1-14(2,3)8-6-7-9-16(5)11-10(15-4)12(17)13(11)18/h7-12H2,1-6H3;7-11H2,1-6H3;7-10H2,1-6H3;16H,6-10H2,1-5H3;15H,6-9H2,1-5H3. The molecule has 5 aromatic rings. The largest absolute Gasteiger partial charge is 0.385 e. The number of hydrogen-bond donors (Lipinski definition) is 2. The maximum absolute atomic E-state index is 5.47. The normalized spacial score (nSPS) is 11.9. The maximum atomic E-state index is 5.47. The summed E-state index contributed by atoms with van der Waals surface area (Å²) < 4.78 is 8.52. The number of rotatable bonds is 34. The van der Waals surface area contributed by atoms with Gasteiger partial charge in [0.1, 0.15) is 0 Å². The van der Waals surface area contributed by atoms with Crippen LogP contribution in [0.1, 0.15) is 228 Å². The zero-order valence-electron chi connectivity index (χ0n) is 66.1. The first-order valence-corrected chi connectivity index (χ1v) is 40.0. The summed E-state index contributed by atoms with van der Waals surface area (Å²) in [5.74, 6) is 0. The average molecular weight is 1520 g/mol. The molecule has 5 rings (SSSR count). The minimum atomic E-state index is 0.428. The van der Waals surface area contributed by atoms with Crippen LogP contribution in [0.4, 0.5) is 56.9 Å². The summed E-state index contributed by atoms with van der Waals surface area (Å²) in [4.78, 5) is 17.9. The summed E-state index contributed by atoms with van der Waals surface area (Å²) in [6, 6.07) is 0. The second kappa shape index (κ2) is 42.4. The van der Waals surface area contributed by atoms with E-state index in [4.69, 9.17) is 122 Å². The molecular weight excluding hydrogens is 1390 g/mol. The van der Waals surface area contributed by atoms with E-state index < -0.39 is 0 Å². The van der Waals surface area contributed by atoms with Crippen molar-refractivity contribution in [1.82, 2.24) is 0 Å². The van der Waals surface area contributed by atoms with Gasteiger partial charge in [-0.15, -0.1) is 0 Å². The molecular formula is C77H134N10S10. The van der Waals surface area contributed by atoms with Gasteiger partial charge in [-0.05, 0) is 119 Å². The van der Waals surface area contributed by atoms with Crippen LogP contribution in [0.2, 0.25) is 0 Å². The van der Waals surface area contributed by atoms with E-state index in [1.807, 2.05) is 21.1 Å². The number of nitrogens with zero attached hydrogens (tertiary/aromatic N) is 8. The van der Waals surface area contributed by atoms with Crippen LogP contribution in [-0.4, -0.2) is 122 Å². The summed E-state index contributed by atoms with van der Waals surface area (Å²) in [6.07, 6.45) is 18.6. The molecule has 20 heteroatoms. The molecule has 2 N–H and O–H groups in total. The lowest BCUT2D eigenvalue weighted by Gasteiger charge is -2.32. The highest BCUT2D eigenvalue weighted by atomic mass is 32.1. The molecule has 0 heterocycles. The third-order valence-corrected chi connectivity index (χ3v) is 22.2. The Hall–Kier alpha value is -2.40. The van der Waals surface area contributed by atoms with Crippen LogP contribution in [-0.2, 0) is 0 Å². The molecule has 0 fully saturated rings. The Morgan fingerprint density at radius 1 is 0.268 bits per heavy atom. The van der Waals surface area contributed by atoms with Crippen LogP contribution >= 0.6 is 122 Å². The molecule has 97 heavy (non-hydrogen) atoms. The lowest BCUT2D eigenvalue weighted by atomic mass is 9.90. The Labute approximate surface area is 645 Å². The number of nitrogens with one attached hydrogen (secondary N) is 2. The van der Waals surface area contributed by atoms with Gasteiger partial charge >= 0.3 is 0 Å². The van der Waals surface area contributed by atoms with Crippen molar-refractivity contribution in [3.05, 3.63) is 45.1 Å². The molecule has 0 atom stereocenters. The van der Waals surface area contributed by atoms with E-state index in [1.165, 1.54) is 113 Å². The van der Waals surface area contributed by atoms with Crippen molar-refractivity contribution >= 4 is 179 Å². The van der Waals surface area contributed by atoms with E-state index in [2.05, 4.69) is 224 Å². The molecule has 552 valence electrons. The highest BCUT2D eigenvalue weighted by Crippen LogP contribution is 2.42. The van der Waals surface area contributed by atoms with Gasteiger partial charge in [0.25, 0.3) is 0 Å². The lowest BCUT2D eigenvalue weighted by Crippen LogP contribution is -2.29. The fraction of sp³-hybridized carbons (Fsp3) is 0.740. The first kappa shape index (κ1) is 92.6. The molecule has 0 aliphatic carbocycles. The Morgan fingerprint density at radius 3 is 0.753 bits per heavy atom. The van der Waals surface area contributed by atoms with E-state index in [9.17, 15) is 0 Å². The van der Waals surface area contributed by atoms with Gasteiger partial charge in [0.2, 0.25) is 0 Å². The minimum Gasteiger partial charge on any atom is -0.385 e. The molecule has 0 radical (unpaired) electrons. The van der Waals surface area contributed by atoms with Gasteiger partial charge in [0.05, 0.1) is 102 Å². The molecule has 5 aromatic carbocycles. The SMILES string of the molecule is CCN(C)c1c(N(C)CCCCC(C)(C)C)c(=S)c1=S.CCN(CC)c1c(N(C)CCCCC(C)(C)C)c(=S)c1=S.CCNc1c(N(C)CCCCC(C)(C)C)c(=S)c1=S.CN(C)c1c(N(C)CCCCC(C)(C)C)c(=S)c1=S.CNc1c(N(C)CCCCC(C)(C)C)c(=S)c1=S. The quantitative estimate of drug-likeness (QED) is 0.0303. The minimum absolute atomic E-state index is 0.428. The van der Waals surface area contributed by atoms with E-state index in [0.717, 1.165) is 144 Å². The van der Waals surface area contributed by atoms with Crippen LogP contribution < -0.4 is 49.8 Å². The highest BCUT2D eigenvalue weighted by molar-refractivity contribution is 7.75. The van der Waals surface area contributed by atoms with Crippen LogP contribution in [0.5, 0.6) is 0 Å². The zero-order chi connectivity index (χ0) is 75.1. The van der Waals surface area contributed by atoms with Gasteiger partial charge in [-0.3, -0.25) is 0 Å². The summed E-state index contributed by atoms with van der Waals surface area (Å²) in [5, 5.41) is 6.45. The summed E-state index contributed by atoms with van der Waals surface area (Å²) in [5.41, 5.74) is 13.5. The Kier molecular flexibility index (Phi) is 40.5. The molecule has 0 amide bonds. The van der Waals surface area contributed by atoms with E-state index in [1.54, 1.807) is 0 Å². The number of hydrogen-bond acceptors (Lipinski definition) is 20. The Morgan fingerprint density at radius 2 is 0.495 bits per heavy atom. The van der Waals surface area contributed by atoms with Crippen molar-refractivity contribution in [1.29, 1.82) is 0 Å². The van der Waals surface area contributed by atoms with Crippen molar-refractivity contribution in [2.24, 2.45) is 27.1 Å². The lowest BCUT2D eigenvalue weighted by molar-refractivity contribution is 0.361. The van der Waals surface area contributed by atoms with Crippen LogP contribution in [0, 0.1) is 72.2 Å². The Bertz CT molecular complexity index is 3540. The van der Waals surface area contributed by atoms with Crippen molar-refractivity contribution in [3.8, 4) is 0 Å². The average Bonchev–Trinajstić information content (AvgIpc) is 0.785. The van der Waals surface area contributed by atoms with Crippen molar-refractivity contribution < 1.29 is 0 Å².